The van der Waals surface area contributed by atoms with E-state index in [2.05, 4.69) is 51.4 Å². The lowest BCUT2D eigenvalue weighted by Crippen LogP contribution is -2.46. The number of pyridine rings is 1. The van der Waals surface area contributed by atoms with Crippen LogP contribution in [-0.4, -0.2) is 78.3 Å². The number of ether oxygens (including phenoxy) is 2. The molecule has 3 heterocycles. The first-order chi connectivity index (χ1) is 31.6. The quantitative estimate of drug-likeness (QED) is 0.0703. The molecule has 8 rings (SSSR count). The molecule has 1 saturated heterocycles. The van der Waals surface area contributed by atoms with Gasteiger partial charge in [-0.3, -0.25) is 19.1 Å². The molecular weight excluding hydrogens is 811 g/mol. The number of rotatable bonds is 23. The molecule has 0 radical (unpaired) electrons. The van der Waals surface area contributed by atoms with Gasteiger partial charge in [-0.05, 0) is 130 Å². The second kappa shape index (κ2) is 22.2. The third-order valence-electron chi connectivity index (χ3n) is 14.9. The van der Waals surface area contributed by atoms with Crippen molar-refractivity contribution in [3.05, 3.63) is 70.6 Å². The summed E-state index contributed by atoms with van der Waals surface area (Å²) in [7, 11) is 1.69. The van der Waals surface area contributed by atoms with E-state index in [4.69, 9.17) is 14.5 Å². The highest BCUT2D eigenvalue weighted by molar-refractivity contribution is 5.81. The van der Waals surface area contributed by atoms with Crippen LogP contribution in [0.5, 0.6) is 11.5 Å². The summed E-state index contributed by atoms with van der Waals surface area (Å²) < 4.78 is 13.5. The number of piperazine rings is 1. The standard InChI is InChI=1S/C54H77N7O4/c1-39-28-42-31-43(29-39)35-54(3,34-42)36-50(62)55-22-13-11-9-7-5-6-8-10-12-14-23-59-24-26-60(27-25-59)44-20-21-48(49(33-44)64-4)57-53-56-37-47-40(2)30-51(63)61(52(47)58-53)45-16-15-17-46(32-45)65-38-41-18-19-41/h15-17,20-21,30,32-33,37,39,41-43H,5-14,18-19,22-29,31,34-36,38H2,1-4H3,(H,55,62)(H,56,57,58). The molecule has 2 bridgehead atoms. The summed E-state index contributed by atoms with van der Waals surface area (Å²) >= 11 is 0. The molecule has 4 aromatic rings. The van der Waals surface area contributed by atoms with Crippen molar-refractivity contribution in [3.63, 3.8) is 0 Å². The van der Waals surface area contributed by atoms with Gasteiger partial charge in [0.2, 0.25) is 11.9 Å². The Morgan fingerprint density at radius 2 is 1.55 bits per heavy atom. The molecule has 3 saturated carbocycles. The van der Waals surface area contributed by atoms with E-state index in [-0.39, 0.29) is 16.9 Å². The van der Waals surface area contributed by atoms with Crippen LogP contribution < -0.4 is 30.6 Å². The van der Waals surface area contributed by atoms with Crippen LogP contribution in [0.15, 0.2) is 59.5 Å². The first-order valence-electron chi connectivity index (χ1n) is 25.4. The third kappa shape index (κ3) is 13.0. The number of fused-ring (bicyclic) bond motifs is 3. The number of methoxy groups -OCH3 is 1. The number of benzene rings is 2. The molecule has 2 aromatic heterocycles. The van der Waals surface area contributed by atoms with Crippen molar-refractivity contribution in [1.82, 2.24) is 24.8 Å². The van der Waals surface area contributed by atoms with Crippen molar-refractivity contribution in [2.45, 2.75) is 136 Å². The highest BCUT2D eigenvalue weighted by Crippen LogP contribution is 2.51. The van der Waals surface area contributed by atoms with Crippen LogP contribution in [-0.2, 0) is 4.79 Å². The fourth-order valence-corrected chi connectivity index (χ4v) is 11.5. The van der Waals surface area contributed by atoms with Gasteiger partial charge in [0.15, 0.2) is 5.65 Å². The minimum atomic E-state index is -0.154. The molecule has 65 heavy (non-hydrogen) atoms. The van der Waals surface area contributed by atoms with Crippen molar-refractivity contribution >= 4 is 34.3 Å². The Balaban J connectivity index is 0.700. The maximum atomic E-state index is 13.4. The smallest absolute Gasteiger partial charge is 0.257 e. The number of amides is 1. The molecule has 2 N–H and O–H groups in total. The van der Waals surface area contributed by atoms with Crippen LogP contribution >= 0.6 is 0 Å². The second-order valence-corrected chi connectivity index (χ2v) is 20.8. The van der Waals surface area contributed by atoms with E-state index in [0.717, 1.165) is 91.4 Å². The van der Waals surface area contributed by atoms with Gasteiger partial charge in [-0.2, -0.15) is 4.98 Å². The number of nitrogens with one attached hydrogen (secondary N) is 2. The molecule has 2 atom stereocenters. The largest absolute Gasteiger partial charge is 0.494 e. The normalized spacial score (nSPS) is 22.2. The monoisotopic (exact) mass is 888 g/mol. The lowest BCUT2D eigenvalue weighted by molar-refractivity contribution is -0.124. The van der Waals surface area contributed by atoms with E-state index in [1.165, 1.54) is 109 Å². The minimum absolute atomic E-state index is 0.154. The minimum Gasteiger partial charge on any atom is -0.494 e. The topological polar surface area (TPSA) is 114 Å². The molecule has 11 nitrogen and oxygen atoms in total. The maximum Gasteiger partial charge on any atom is 0.257 e. The number of carbonyl (C=O) groups is 1. The number of aryl methyl sites for hydroxylation is 1. The van der Waals surface area contributed by atoms with Crippen LogP contribution in [0.2, 0.25) is 0 Å². The van der Waals surface area contributed by atoms with E-state index in [9.17, 15) is 9.59 Å². The van der Waals surface area contributed by atoms with Crippen LogP contribution in [0.4, 0.5) is 17.3 Å². The van der Waals surface area contributed by atoms with Crippen LogP contribution in [0.25, 0.3) is 16.7 Å². The van der Waals surface area contributed by atoms with Gasteiger partial charge < -0.3 is 25.0 Å². The molecule has 2 unspecified atom stereocenters. The first kappa shape index (κ1) is 46.9. The van der Waals surface area contributed by atoms with E-state index >= 15 is 0 Å². The van der Waals surface area contributed by atoms with Crippen LogP contribution in [0.1, 0.15) is 135 Å². The Labute approximate surface area is 388 Å². The molecule has 2 aromatic carbocycles. The second-order valence-electron chi connectivity index (χ2n) is 20.8. The molecule has 1 amide bonds. The summed E-state index contributed by atoms with van der Waals surface area (Å²) in [5.74, 6) is 5.34. The third-order valence-corrected chi connectivity index (χ3v) is 14.9. The van der Waals surface area contributed by atoms with Crippen molar-refractivity contribution in [3.8, 4) is 17.2 Å². The van der Waals surface area contributed by atoms with Gasteiger partial charge in [-0.25, -0.2) is 4.98 Å². The highest BCUT2D eigenvalue weighted by Gasteiger charge is 2.41. The summed E-state index contributed by atoms with van der Waals surface area (Å²) in [6, 6.07) is 15.6. The Kier molecular flexibility index (Phi) is 16.0. The number of aromatic nitrogens is 3. The molecule has 352 valence electrons. The number of unbranched alkanes of at least 4 members (excludes halogenated alkanes) is 9. The van der Waals surface area contributed by atoms with Gasteiger partial charge in [0.05, 0.1) is 25.1 Å². The Hall–Kier alpha value is -4.64. The summed E-state index contributed by atoms with van der Waals surface area (Å²) in [5.41, 5.74) is 4.04. The van der Waals surface area contributed by atoms with E-state index < -0.39 is 0 Å². The van der Waals surface area contributed by atoms with E-state index in [1.54, 1.807) is 23.9 Å². The summed E-state index contributed by atoms with van der Waals surface area (Å²) in [6.07, 6.45) is 24.5. The average molecular weight is 888 g/mol. The van der Waals surface area contributed by atoms with Gasteiger partial charge in [0, 0.05) is 74.6 Å². The lowest BCUT2D eigenvalue weighted by atomic mass is 9.58. The van der Waals surface area contributed by atoms with Gasteiger partial charge in [0.1, 0.15) is 11.5 Å². The number of anilines is 3. The number of carbonyl (C=O) groups excluding carboxylic acids is 1. The molecular formula is C54H77N7O4. The average Bonchev–Trinajstić information content (AvgIpc) is 4.12. The van der Waals surface area contributed by atoms with Gasteiger partial charge >= 0.3 is 0 Å². The van der Waals surface area contributed by atoms with Gasteiger partial charge in [-0.15, -0.1) is 0 Å². The Morgan fingerprint density at radius 3 is 2.26 bits per heavy atom. The summed E-state index contributed by atoms with van der Waals surface area (Å²) in [4.78, 5) is 40.8. The van der Waals surface area contributed by atoms with Gasteiger partial charge in [-0.1, -0.05) is 71.3 Å². The van der Waals surface area contributed by atoms with Gasteiger partial charge in [0.25, 0.3) is 5.56 Å². The number of nitrogens with zero attached hydrogens (tertiary/aromatic N) is 5. The van der Waals surface area contributed by atoms with Crippen molar-refractivity contribution in [2.75, 3.05) is 63.2 Å². The Bertz CT molecular complexity index is 2230. The lowest BCUT2D eigenvalue weighted by Gasteiger charge is -2.47. The fraction of sp³-hybridized carbons (Fsp3) is 0.630. The summed E-state index contributed by atoms with van der Waals surface area (Å²) in [5, 5.41) is 7.44. The molecule has 11 heteroatoms. The SMILES string of the molecule is COc1cc(N2CCN(CCCCCCCCCCCCNC(=O)CC3(C)CC4CC(C)CC(C4)C3)CC2)ccc1Nc1ncc2c(C)cc(=O)n(-c3cccc(OCC4CC4)c3)c2n1. The maximum absolute atomic E-state index is 13.4. The highest BCUT2D eigenvalue weighted by atomic mass is 16.5. The van der Waals surface area contributed by atoms with Crippen molar-refractivity contribution in [2.24, 2.45) is 29.1 Å². The first-order valence-corrected chi connectivity index (χ1v) is 25.4. The van der Waals surface area contributed by atoms with Crippen LogP contribution in [0, 0.1) is 36.0 Å². The molecule has 0 spiro atoms. The van der Waals surface area contributed by atoms with Crippen molar-refractivity contribution < 1.29 is 14.3 Å². The Morgan fingerprint density at radius 1 is 0.846 bits per heavy atom. The van der Waals surface area contributed by atoms with Crippen molar-refractivity contribution in [1.29, 1.82) is 0 Å². The zero-order valence-corrected chi connectivity index (χ0v) is 40.1. The molecule has 3 aliphatic carbocycles. The zero-order chi connectivity index (χ0) is 45.2. The summed E-state index contributed by atoms with van der Waals surface area (Å²) in [6.45, 7) is 13.5. The van der Waals surface area contributed by atoms with E-state index in [1.807, 2.05) is 37.3 Å². The predicted molar refractivity (Wildman–Crippen MR) is 264 cm³/mol. The fourth-order valence-electron chi connectivity index (χ4n) is 11.5. The van der Waals surface area contributed by atoms with Crippen LogP contribution in [0.3, 0.4) is 0 Å². The molecule has 4 fully saturated rings. The number of hydrogen-bond acceptors (Lipinski definition) is 9. The molecule has 4 aliphatic rings. The van der Waals surface area contributed by atoms with E-state index in [0.29, 0.717) is 35.6 Å². The number of hydrogen-bond donors (Lipinski definition) is 2. The molecule has 1 aliphatic heterocycles. The predicted octanol–water partition coefficient (Wildman–Crippen LogP) is 11.0. The zero-order valence-electron chi connectivity index (χ0n) is 40.1.